The zero-order valence-corrected chi connectivity index (χ0v) is 95.3. The molecule has 1 aliphatic rings. The van der Waals surface area contributed by atoms with Crippen LogP contribution in [0, 0.1) is 33.6 Å². The van der Waals surface area contributed by atoms with Gasteiger partial charge in [-0.1, -0.05) is 296 Å². The van der Waals surface area contributed by atoms with Gasteiger partial charge in [-0.3, -0.25) is 15.4 Å². The van der Waals surface area contributed by atoms with Crippen molar-refractivity contribution in [2.45, 2.75) is 424 Å². The normalized spacial score (nSPS) is 11.2. The molecule has 130 heavy (non-hydrogen) atoms. The fraction of sp³-hybridized carbons (Fsp3) is 0.889. The van der Waals surface area contributed by atoms with Crippen LogP contribution in [0.5, 0.6) is 0 Å². The second kappa shape index (κ2) is 134. The molecule has 0 amide bonds. The van der Waals surface area contributed by atoms with Crippen LogP contribution in [-0.2, 0) is 12.8 Å². The molecule has 794 valence electrons. The topological polar surface area (TPSA) is 313 Å². The SMILES string of the molecule is CCCCCCC(=N)N.CCCCCCC1CCN(C)CC1.CCCCCCN.CCCCCCN(C)C.CCCCCCN=C(N)N.CCCCCC[N+](C)(C)C.CCCCCCc1cnc[nH]1.CCCCCN(C)C.CCCCC[N+](C)(C)C.CCCCCc1cnc[nH]1.CCCCN(C)C.CCCCN=C(N)N.CCCCNCCN.CCCC[N+](C)(C)C.[CH3-].[CH3-].[CH3-]. The first kappa shape index (κ1) is 157. The summed E-state index contributed by atoms with van der Waals surface area (Å²) in [6.45, 7) is 46.6. The average Bonchev–Trinajstić information content (AvgIpc) is 1.12. The van der Waals surface area contributed by atoms with Crippen LogP contribution >= 0.6 is 0 Å². The minimum Gasteiger partial charge on any atom is -0.388 e. The first-order valence-electron chi connectivity index (χ1n) is 52.9. The summed E-state index contributed by atoms with van der Waals surface area (Å²) in [4.78, 5) is 30.9. The number of nitrogens with two attached hydrogens (primary N) is 7. The molecule has 1 fully saturated rings. The van der Waals surface area contributed by atoms with E-state index in [2.05, 4.69) is 265 Å². The molecule has 18 N–H and O–H groups in total. The van der Waals surface area contributed by atoms with Crippen LogP contribution in [0.25, 0.3) is 0 Å². The van der Waals surface area contributed by atoms with Crippen molar-refractivity contribution < 1.29 is 13.4 Å². The van der Waals surface area contributed by atoms with Crippen LogP contribution in [-0.4, -0.2) is 275 Å². The van der Waals surface area contributed by atoms with Crippen molar-refractivity contribution >= 4 is 17.8 Å². The number of nitrogens with zero attached hydrogens (tertiary/aromatic N) is 11. The smallest absolute Gasteiger partial charge is 0.185 e. The summed E-state index contributed by atoms with van der Waals surface area (Å²) < 4.78 is 3.33. The second-order valence-electron chi connectivity index (χ2n) is 38.8. The molecule has 0 spiro atoms. The number of piperidine rings is 1. The van der Waals surface area contributed by atoms with Gasteiger partial charge in [0.2, 0.25) is 0 Å². The minimum atomic E-state index is 0. The van der Waals surface area contributed by atoms with Gasteiger partial charge in [-0.15, -0.1) is 0 Å². The van der Waals surface area contributed by atoms with Crippen molar-refractivity contribution in [3.05, 3.63) is 58.7 Å². The van der Waals surface area contributed by atoms with Crippen molar-refractivity contribution in [1.29, 1.82) is 5.41 Å². The monoisotopic (exact) mass is 1860 g/mol. The Morgan fingerprint density at radius 3 is 1.01 bits per heavy atom. The third kappa shape index (κ3) is 199. The lowest BCUT2D eigenvalue weighted by atomic mass is 9.91. The van der Waals surface area contributed by atoms with Crippen molar-refractivity contribution in [1.82, 2.24) is 44.9 Å². The standard InChI is InChI=1S/C12H25N.C9H16N2.C9H22N.C8H14N2.C8H20N.C8H19N.C7H17N3.C7H16N2.C7H18N.C7H17N.C6H16N2.2C6H15N.C5H13N3.3CH3/c1-3-4-5-6-7-12-8-10-13(2)11-9-12;1-2-3-4-5-6-9-7-10-8-11-9;1-5-6-7-8-9-10(2,3)4;1-2-3-4-5-8-6-9-7-10-8;1-5-6-7-8-9(2,3)4;1-4-5-6-7-8-9(2)3;1-2-3-4-5-6-10-7(8)9;1-2-3-4-5-6-7(8)9;1-5-6-7-8(2,3)4;1-4-5-6-7-8(2)3;1-2-3-5-8-6-4-7;1-4-5-6-7(2)3;1-2-3-4-5-6-7;1-2-3-4-8-5(6)7;;;/h12H,3-11H2,1-2H3;7-8H,2-6H2,1H3,(H,10,11);5-9H2,1-4H3;6-7H,2-5H2,1H3,(H,9,10);5-8H2,1-4H3;4-8H2,1-3H3;2-6H2,1H3,(H4,8,9,10);2-6H2,1H3,(H3,8,9);5-7H2,1-4H3;4-7H2,1-3H3;8H,2-7H2,1H3;4-6H2,1-3H3;2-7H2,1H3;2-4H2,1H3,(H4,6,7,8);3*1H3/q;;+1;;+1;;;;+1;;;;;;3*-1. The molecular weight excluding hydrogens is 1610 g/mol. The van der Waals surface area contributed by atoms with E-state index in [9.17, 15) is 0 Å². The van der Waals surface area contributed by atoms with Crippen molar-refractivity contribution in [2.75, 3.05) is 204 Å². The van der Waals surface area contributed by atoms with Gasteiger partial charge < -0.3 is 111 Å². The Hall–Kier alpha value is -3.97. The number of hydrogen-bond donors (Lipinski definition) is 11. The molecule has 1 aliphatic heterocycles. The number of unbranched alkanes of at least 4 members (excludes halogenated alkanes) is 31. The lowest BCUT2D eigenvalue weighted by Crippen LogP contribution is -2.35. The molecule has 0 aromatic carbocycles. The number of H-pyrrole nitrogens is 2. The minimum absolute atomic E-state index is 0. The molecule has 22 heteroatoms. The number of nitrogens with one attached hydrogen (secondary N) is 4. The number of aromatic amines is 2. The largest absolute Gasteiger partial charge is 0.388 e. The zero-order valence-electron chi connectivity index (χ0n) is 95.3. The summed E-state index contributed by atoms with van der Waals surface area (Å²) in [6.07, 6.45) is 73.7. The van der Waals surface area contributed by atoms with Crippen LogP contribution in [0.15, 0.2) is 35.0 Å². The van der Waals surface area contributed by atoms with Gasteiger partial charge in [-0.25, -0.2) is 9.97 Å². The number of aromatic nitrogens is 4. The number of aryl methyl sites for hydroxylation is 2. The van der Waals surface area contributed by atoms with E-state index in [1.165, 1.54) is 346 Å². The number of imidazole rings is 2. The average molecular weight is 1860 g/mol. The summed E-state index contributed by atoms with van der Waals surface area (Å²) in [5, 5.41) is 10.1. The number of quaternary nitrogens is 3. The van der Waals surface area contributed by atoms with Crippen LogP contribution in [0.2, 0.25) is 0 Å². The third-order valence-corrected chi connectivity index (χ3v) is 20.2. The molecular formula is C108H252N22. The predicted octanol–water partition coefficient (Wildman–Crippen LogP) is 24.8. The fourth-order valence-corrected chi connectivity index (χ4v) is 11.8. The van der Waals surface area contributed by atoms with Gasteiger partial charge in [-0.05, 0) is 223 Å². The Labute approximate surface area is 820 Å². The van der Waals surface area contributed by atoms with Crippen molar-refractivity contribution in [3.63, 3.8) is 0 Å². The molecule has 3 rings (SSSR count). The van der Waals surface area contributed by atoms with E-state index in [-0.39, 0.29) is 34.2 Å². The quantitative estimate of drug-likeness (QED) is 0.00965. The Kier molecular flexibility index (Phi) is 161. The van der Waals surface area contributed by atoms with Gasteiger partial charge in [-0.2, -0.15) is 0 Å². The maximum Gasteiger partial charge on any atom is 0.185 e. The van der Waals surface area contributed by atoms with Gasteiger partial charge in [0.05, 0.1) is 102 Å². The number of hydrogen-bond acceptors (Lipinski definition) is 12. The maximum atomic E-state index is 6.91. The van der Waals surface area contributed by atoms with Crippen molar-refractivity contribution in [2.24, 2.45) is 56.0 Å². The second-order valence-corrected chi connectivity index (χ2v) is 38.8. The Balaban J connectivity index is -0.0000000930. The number of rotatable bonds is 60. The van der Waals surface area contributed by atoms with Crippen LogP contribution in [0.1, 0.15) is 423 Å². The molecule has 0 radical (unpaired) electrons. The number of guanidine groups is 2. The first-order chi connectivity index (χ1) is 60.3. The lowest BCUT2D eigenvalue weighted by molar-refractivity contribution is -0.870. The van der Waals surface area contributed by atoms with Gasteiger partial charge in [0.15, 0.2) is 11.9 Å². The molecule has 2 aromatic rings. The van der Waals surface area contributed by atoms with Gasteiger partial charge in [0, 0.05) is 56.4 Å². The molecule has 0 aliphatic carbocycles. The van der Waals surface area contributed by atoms with Crippen molar-refractivity contribution in [3.8, 4) is 0 Å². The Bertz CT molecular complexity index is 2180. The van der Waals surface area contributed by atoms with Gasteiger partial charge >= 0.3 is 0 Å². The third-order valence-electron chi connectivity index (χ3n) is 20.2. The highest BCUT2D eigenvalue weighted by Crippen LogP contribution is 2.22. The van der Waals surface area contributed by atoms with E-state index in [0.29, 0.717) is 5.84 Å². The molecule has 0 saturated carbocycles. The molecule has 0 atom stereocenters. The Morgan fingerprint density at radius 2 is 0.677 bits per heavy atom. The first-order valence-corrected chi connectivity index (χ1v) is 52.9. The molecule has 0 bridgehead atoms. The summed E-state index contributed by atoms with van der Waals surface area (Å²) in [5.74, 6) is 1.77. The predicted molar refractivity (Wildman–Crippen MR) is 599 cm³/mol. The summed E-state index contributed by atoms with van der Waals surface area (Å²) >= 11 is 0. The highest BCUT2D eigenvalue weighted by molar-refractivity contribution is 5.76. The molecule has 0 unspecified atom stereocenters. The number of likely N-dealkylation sites (tertiary alicyclic amines) is 1. The van der Waals surface area contributed by atoms with Crippen LogP contribution < -0.4 is 45.5 Å². The molecule has 1 saturated heterocycles. The van der Waals surface area contributed by atoms with E-state index in [1.807, 2.05) is 12.4 Å². The summed E-state index contributed by atoms with van der Waals surface area (Å²) in [5.41, 5.74) is 38.6. The fourth-order valence-electron chi connectivity index (χ4n) is 11.8. The van der Waals surface area contributed by atoms with E-state index in [4.69, 9.17) is 45.5 Å². The molecule has 22 nitrogen and oxygen atoms in total. The van der Waals surface area contributed by atoms with Crippen LogP contribution in [0.4, 0.5) is 0 Å². The number of aliphatic imine (C=N–C) groups is 2. The van der Waals surface area contributed by atoms with E-state index in [1.54, 1.807) is 12.7 Å². The summed E-state index contributed by atoms with van der Waals surface area (Å²) in [7, 11) is 35.2. The molecule has 3 heterocycles. The zero-order chi connectivity index (χ0) is 99.0. The maximum absolute atomic E-state index is 6.91. The van der Waals surface area contributed by atoms with Gasteiger partial charge in [0.25, 0.3) is 0 Å². The van der Waals surface area contributed by atoms with E-state index >= 15 is 0 Å². The number of amidine groups is 1. The van der Waals surface area contributed by atoms with Gasteiger partial charge in [0.1, 0.15) is 0 Å². The highest BCUT2D eigenvalue weighted by atomic mass is 15.3. The lowest BCUT2D eigenvalue weighted by Gasteiger charge is -2.28. The van der Waals surface area contributed by atoms with E-state index < -0.39 is 0 Å². The highest BCUT2D eigenvalue weighted by Gasteiger charge is 2.16. The Morgan fingerprint density at radius 1 is 0.377 bits per heavy atom. The molecule has 2 aromatic heterocycles. The summed E-state index contributed by atoms with van der Waals surface area (Å²) in [6, 6.07) is 0. The van der Waals surface area contributed by atoms with E-state index in [0.717, 1.165) is 104 Å². The van der Waals surface area contributed by atoms with Crippen LogP contribution in [0.3, 0.4) is 0 Å².